The number of benzene rings is 3. The van der Waals surface area contributed by atoms with Crippen molar-refractivity contribution in [1.29, 1.82) is 0 Å². The van der Waals surface area contributed by atoms with Crippen LogP contribution in [0.3, 0.4) is 0 Å². The van der Waals surface area contributed by atoms with Crippen LogP contribution in [0.25, 0.3) is 22.2 Å². The zero-order valence-corrected chi connectivity index (χ0v) is 17.1. The van der Waals surface area contributed by atoms with Crippen LogP contribution >= 0.6 is 0 Å². The predicted octanol–water partition coefficient (Wildman–Crippen LogP) is 6.17. The number of hydrogen-bond donors (Lipinski definition) is 1. The molecule has 0 fully saturated rings. The van der Waals surface area contributed by atoms with Crippen LogP contribution in [0, 0.1) is 12.7 Å². The van der Waals surface area contributed by atoms with Gasteiger partial charge in [-0.25, -0.2) is 4.39 Å². The Morgan fingerprint density at radius 3 is 2.16 bits per heavy atom. The van der Waals surface area contributed by atoms with E-state index in [4.69, 9.17) is 4.74 Å². The molecule has 0 aliphatic heterocycles. The zero-order chi connectivity index (χ0) is 22.9. The Morgan fingerprint density at radius 1 is 0.906 bits per heavy atom. The summed E-state index contributed by atoms with van der Waals surface area (Å²) in [6.45, 7) is 0.340. The maximum atomic E-state index is 14.1. The summed E-state index contributed by atoms with van der Waals surface area (Å²) in [5.74, 6) is -0.392. The third-order valence-corrected chi connectivity index (χ3v) is 5.19. The average molecular weight is 441 g/mol. The van der Waals surface area contributed by atoms with Crippen LogP contribution in [0.1, 0.15) is 16.7 Å². The normalized spacial score (nSPS) is 11.7. The van der Waals surface area contributed by atoms with Crippen molar-refractivity contribution in [2.45, 2.75) is 19.5 Å². The first-order valence-electron chi connectivity index (χ1n) is 9.90. The molecule has 0 unspecified atom stereocenters. The number of ether oxygens (including phenoxy) is 1. The van der Waals surface area contributed by atoms with Crippen molar-refractivity contribution >= 4 is 10.9 Å². The molecule has 4 rings (SSSR count). The van der Waals surface area contributed by atoms with Gasteiger partial charge in [-0.1, -0.05) is 42.5 Å². The van der Waals surface area contributed by atoms with Crippen molar-refractivity contribution in [3.63, 3.8) is 0 Å². The molecule has 1 N–H and O–H groups in total. The van der Waals surface area contributed by atoms with E-state index in [0.29, 0.717) is 23.2 Å². The Kier molecular flexibility index (Phi) is 5.74. The van der Waals surface area contributed by atoms with Crippen LogP contribution < -0.4 is 10.2 Å². The van der Waals surface area contributed by atoms with Gasteiger partial charge in [0, 0.05) is 5.56 Å². The van der Waals surface area contributed by atoms with Gasteiger partial charge in [0.25, 0.3) is 0 Å². The van der Waals surface area contributed by atoms with Gasteiger partial charge in [0.05, 0.1) is 16.6 Å². The SMILES string of the molecule is Cc1c(-c2ccc(Cc3ccc(OCC(F)(F)F)cc3)cc2)[nH]c2cccc(F)c2c1=O. The highest BCUT2D eigenvalue weighted by molar-refractivity contribution is 5.83. The molecule has 4 aromatic rings. The quantitative estimate of drug-likeness (QED) is 0.376. The van der Waals surface area contributed by atoms with Crippen LogP contribution in [-0.4, -0.2) is 17.8 Å². The Hall–Kier alpha value is -3.61. The van der Waals surface area contributed by atoms with E-state index in [-0.39, 0.29) is 16.6 Å². The Morgan fingerprint density at radius 2 is 1.53 bits per heavy atom. The van der Waals surface area contributed by atoms with E-state index in [0.717, 1.165) is 16.7 Å². The maximum Gasteiger partial charge on any atom is 0.422 e. The number of aromatic amines is 1. The lowest BCUT2D eigenvalue weighted by Gasteiger charge is -2.11. The molecule has 0 radical (unpaired) electrons. The molecule has 0 saturated heterocycles. The van der Waals surface area contributed by atoms with Crippen LogP contribution in [0.4, 0.5) is 17.6 Å². The molecule has 1 aromatic heterocycles. The Balaban J connectivity index is 1.53. The standard InChI is InChI=1S/C25H19F4NO2/c1-15-23(30-21-4-2-3-20(26)22(21)24(15)31)18-9-5-16(6-10-18)13-17-7-11-19(12-8-17)32-14-25(27,28)29/h2-12H,13-14H2,1H3,(H,30,31). The van der Waals surface area contributed by atoms with E-state index in [1.54, 1.807) is 31.2 Å². The molecule has 0 atom stereocenters. The predicted molar refractivity (Wildman–Crippen MR) is 115 cm³/mol. The van der Waals surface area contributed by atoms with Gasteiger partial charge >= 0.3 is 6.18 Å². The monoisotopic (exact) mass is 441 g/mol. The van der Waals surface area contributed by atoms with Gasteiger partial charge in [-0.05, 0) is 54.3 Å². The number of hydrogen-bond acceptors (Lipinski definition) is 2. The molecule has 0 bridgehead atoms. The smallest absolute Gasteiger partial charge is 0.422 e. The van der Waals surface area contributed by atoms with Crippen molar-refractivity contribution in [1.82, 2.24) is 4.98 Å². The molecule has 0 aliphatic carbocycles. The van der Waals surface area contributed by atoms with Crippen LogP contribution in [0.2, 0.25) is 0 Å². The second-order valence-electron chi connectivity index (χ2n) is 7.54. The topological polar surface area (TPSA) is 42.1 Å². The summed E-state index contributed by atoms with van der Waals surface area (Å²) in [7, 11) is 0. The number of H-pyrrole nitrogens is 1. The lowest BCUT2D eigenvalue weighted by molar-refractivity contribution is -0.153. The first-order valence-corrected chi connectivity index (χ1v) is 9.90. The maximum absolute atomic E-state index is 14.1. The second-order valence-corrected chi connectivity index (χ2v) is 7.54. The minimum Gasteiger partial charge on any atom is -0.484 e. The molecule has 1 heterocycles. The van der Waals surface area contributed by atoms with Gasteiger partial charge in [0.1, 0.15) is 11.6 Å². The Labute approximate surface area is 181 Å². The molecule has 0 spiro atoms. The minimum absolute atomic E-state index is 0.0491. The van der Waals surface area contributed by atoms with Crippen molar-refractivity contribution in [3.8, 4) is 17.0 Å². The summed E-state index contributed by atoms with van der Waals surface area (Å²) in [5, 5.41) is 0.0491. The van der Waals surface area contributed by atoms with Gasteiger partial charge in [-0.2, -0.15) is 13.2 Å². The molecule has 0 saturated carbocycles. The van der Waals surface area contributed by atoms with Crippen molar-refractivity contribution in [2.75, 3.05) is 6.61 Å². The molecule has 164 valence electrons. The number of rotatable bonds is 5. The highest BCUT2D eigenvalue weighted by Crippen LogP contribution is 2.25. The third kappa shape index (κ3) is 4.66. The van der Waals surface area contributed by atoms with E-state index < -0.39 is 18.6 Å². The summed E-state index contributed by atoms with van der Waals surface area (Å²) < 4.78 is 55.5. The highest BCUT2D eigenvalue weighted by Gasteiger charge is 2.28. The minimum atomic E-state index is -4.37. The summed E-state index contributed by atoms with van der Waals surface area (Å²) in [4.78, 5) is 15.8. The Bertz CT molecular complexity index is 1310. The van der Waals surface area contributed by atoms with E-state index >= 15 is 0 Å². The van der Waals surface area contributed by atoms with Crippen LogP contribution in [0.5, 0.6) is 5.75 Å². The van der Waals surface area contributed by atoms with Crippen LogP contribution in [-0.2, 0) is 6.42 Å². The first kappa shape index (κ1) is 21.6. The number of aromatic nitrogens is 1. The van der Waals surface area contributed by atoms with Gasteiger partial charge in [0.2, 0.25) is 0 Å². The van der Waals surface area contributed by atoms with Gasteiger partial charge in [-0.3, -0.25) is 4.79 Å². The lowest BCUT2D eigenvalue weighted by atomic mass is 10.00. The molecule has 0 amide bonds. The fourth-order valence-corrected chi connectivity index (χ4v) is 3.57. The third-order valence-electron chi connectivity index (χ3n) is 5.19. The summed E-state index contributed by atoms with van der Waals surface area (Å²) >= 11 is 0. The van der Waals surface area contributed by atoms with Crippen molar-refractivity contribution in [2.24, 2.45) is 0 Å². The molecule has 7 heteroatoms. The molecular formula is C25H19F4NO2. The summed E-state index contributed by atoms with van der Waals surface area (Å²) in [6, 6.07) is 18.5. The number of nitrogens with one attached hydrogen (secondary N) is 1. The molecule has 0 aliphatic rings. The zero-order valence-electron chi connectivity index (χ0n) is 17.1. The fourth-order valence-electron chi connectivity index (χ4n) is 3.57. The van der Waals surface area contributed by atoms with Crippen LogP contribution in [0.15, 0.2) is 71.5 Å². The lowest BCUT2D eigenvalue weighted by Crippen LogP contribution is -2.19. The van der Waals surface area contributed by atoms with Gasteiger partial charge in [-0.15, -0.1) is 0 Å². The van der Waals surface area contributed by atoms with Gasteiger partial charge in [0.15, 0.2) is 12.0 Å². The van der Waals surface area contributed by atoms with E-state index in [9.17, 15) is 22.4 Å². The molecule has 32 heavy (non-hydrogen) atoms. The van der Waals surface area contributed by atoms with Gasteiger partial charge < -0.3 is 9.72 Å². The molecule has 3 aromatic carbocycles. The number of halogens is 4. The molecule has 3 nitrogen and oxygen atoms in total. The molecular weight excluding hydrogens is 422 g/mol. The summed E-state index contributed by atoms with van der Waals surface area (Å²) in [6.07, 6.45) is -3.79. The highest BCUT2D eigenvalue weighted by atomic mass is 19.4. The fraction of sp³-hybridized carbons (Fsp3) is 0.160. The van der Waals surface area contributed by atoms with E-state index in [2.05, 4.69) is 4.98 Å². The number of pyridine rings is 1. The summed E-state index contributed by atoms with van der Waals surface area (Å²) in [5.41, 5.74) is 3.87. The van der Waals surface area contributed by atoms with E-state index in [1.807, 2.05) is 24.3 Å². The average Bonchev–Trinajstić information content (AvgIpc) is 2.76. The second kappa shape index (κ2) is 8.49. The van der Waals surface area contributed by atoms with E-state index in [1.165, 1.54) is 18.2 Å². The van der Waals surface area contributed by atoms with Crippen molar-refractivity contribution < 1.29 is 22.3 Å². The number of alkyl halides is 3. The number of fused-ring (bicyclic) bond motifs is 1. The van der Waals surface area contributed by atoms with Crippen molar-refractivity contribution in [3.05, 3.63) is 99.5 Å². The first-order chi connectivity index (χ1) is 15.2. The largest absolute Gasteiger partial charge is 0.484 e.